The van der Waals surface area contributed by atoms with Gasteiger partial charge in [-0.1, -0.05) is 6.92 Å². The number of aromatic nitrogens is 2. The number of rotatable bonds is 6. The Bertz CT molecular complexity index is 689. The molecule has 3 heterocycles. The predicted octanol–water partition coefficient (Wildman–Crippen LogP) is 2.98. The third-order valence-corrected chi connectivity index (χ3v) is 4.02. The van der Waals surface area contributed by atoms with Crippen LogP contribution in [0.15, 0.2) is 18.2 Å². The summed E-state index contributed by atoms with van der Waals surface area (Å²) >= 11 is 0. The molecule has 23 heavy (non-hydrogen) atoms. The normalized spacial score (nSPS) is 18.3. The molecule has 3 rings (SSSR count). The lowest BCUT2D eigenvalue weighted by molar-refractivity contribution is -0.169. The standard InChI is InChI=1S/C17H22N2O4/c1-3-15(20)13-7-8-16(21-2)19-14(13)10-12(18-19)11-23-17-6-4-5-9-22-17/h7-8,10,17H,3-6,9,11H2,1-2H3. The summed E-state index contributed by atoms with van der Waals surface area (Å²) in [6, 6.07) is 5.43. The fraction of sp³-hybridized carbons (Fsp3) is 0.529. The fourth-order valence-corrected chi connectivity index (χ4v) is 2.77. The van der Waals surface area contributed by atoms with Crippen LogP contribution in [-0.4, -0.2) is 35.4 Å². The summed E-state index contributed by atoms with van der Waals surface area (Å²) in [4.78, 5) is 12.1. The molecule has 6 heteroatoms. The molecular formula is C17H22N2O4. The van der Waals surface area contributed by atoms with E-state index < -0.39 is 0 Å². The number of carbonyl (C=O) groups excluding carboxylic acids is 1. The van der Waals surface area contributed by atoms with Crippen LogP contribution in [0.2, 0.25) is 0 Å². The molecule has 0 N–H and O–H groups in total. The first-order valence-corrected chi connectivity index (χ1v) is 8.05. The van der Waals surface area contributed by atoms with Crippen LogP contribution >= 0.6 is 0 Å². The lowest BCUT2D eigenvalue weighted by Gasteiger charge is -2.22. The molecule has 0 spiro atoms. The van der Waals surface area contributed by atoms with Crippen molar-refractivity contribution < 1.29 is 19.0 Å². The van der Waals surface area contributed by atoms with Gasteiger partial charge in [0.25, 0.3) is 0 Å². The SMILES string of the molecule is CCC(=O)c1ccc(OC)n2nc(COC3CCCCO3)cc12. The number of nitrogens with zero attached hydrogens (tertiary/aromatic N) is 2. The number of hydrogen-bond donors (Lipinski definition) is 0. The average Bonchev–Trinajstić information content (AvgIpc) is 3.03. The van der Waals surface area contributed by atoms with Crippen molar-refractivity contribution in [3.05, 3.63) is 29.5 Å². The minimum atomic E-state index is -0.160. The zero-order chi connectivity index (χ0) is 16.2. The molecular weight excluding hydrogens is 296 g/mol. The minimum absolute atomic E-state index is 0.0839. The summed E-state index contributed by atoms with van der Waals surface area (Å²) < 4.78 is 18.3. The van der Waals surface area contributed by atoms with Crippen LogP contribution in [0.1, 0.15) is 48.7 Å². The molecule has 0 radical (unpaired) electrons. The lowest BCUT2D eigenvalue weighted by Crippen LogP contribution is -2.22. The fourth-order valence-electron chi connectivity index (χ4n) is 2.77. The van der Waals surface area contributed by atoms with Gasteiger partial charge in [-0.3, -0.25) is 4.79 Å². The van der Waals surface area contributed by atoms with E-state index in [1.165, 1.54) is 0 Å². The van der Waals surface area contributed by atoms with Crippen molar-refractivity contribution in [2.45, 2.75) is 45.5 Å². The van der Waals surface area contributed by atoms with Crippen molar-refractivity contribution in [1.82, 2.24) is 9.61 Å². The molecule has 124 valence electrons. The van der Waals surface area contributed by atoms with Crippen molar-refractivity contribution in [3.63, 3.8) is 0 Å². The van der Waals surface area contributed by atoms with Gasteiger partial charge in [-0.15, -0.1) is 0 Å². The summed E-state index contributed by atoms with van der Waals surface area (Å²) in [6.07, 6.45) is 3.42. The van der Waals surface area contributed by atoms with E-state index in [0.29, 0.717) is 24.5 Å². The summed E-state index contributed by atoms with van der Waals surface area (Å²) in [7, 11) is 1.59. The number of hydrogen-bond acceptors (Lipinski definition) is 5. The quantitative estimate of drug-likeness (QED) is 0.766. The van der Waals surface area contributed by atoms with Gasteiger partial charge in [0, 0.05) is 24.7 Å². The number of fused-ring (bicyclic) bond motifs is 1. The molecule has 1 unspecified atom stereocenters. The molecule has 0 amide bonds. The van der Waals surface area contributed by atoms with E-state index >= 15 is 0 Å². The molecule has 1 saturated heterocycles. The highest BCUT2D eigenvalue weighted by Gasteiger charge is 2.17. The van der Waals surface area contributed by atoms with Crippen LogP contribution < -0.4 is 4.74 Å². The minimum Gasteiger partial charge on any atom is -0.481 e. The van der Waals surface area contributed by atoms with E-state index in [1.54, 1.807) is 23.8 Å². The maximum absolute atomic E-state index is 12.1. The van der Waals surface area contributed by atoms with Crippen LogP contribution in [0.4, 0.5) is 0 Å². The van der Waals surface area contributed by atoms with Gasteiger partial charge in [-0.25, -0.2) is 0 Å². The Kier molecular flexibility index (Phi) is 4.93. The van der Waals surface area contributed by atoms with E-state index in [2.05, 4.69) is 5.10 Å². The Balaban J connectivity index is 1.85. The highest BCUT2D eigenvalue weighted by molar-refractivity contribution is 6.02. The zero-order valence-corrected chi connectivity index (χ0v) is 13.6. The maximum Gasteiger partial charge on any atom is 0.214 e. The Morgan fingerprint density at radius 3 is 3.00 bits per heavy atom. The van der Waals surface area contributed by atoms with Crippen LogP contribution in [0, 0.1) is 0 Å². The summed E-state index contributed by atoms with van der Waals surface area (Å²) in [5.74, 6) is 0.674. The Morgan fingerprint density at radius 2 is 2.30 bits per heavy atom. The number of carbonyl (C=O) groups is 1. The van der Waals surface area contributed by atoms with Gasteiger partial charge < -0.3 is 14.2 Å². The second-order valence-corrected chi connectivity index (χ2v) is 5.61. The summed E-state index contributed by atoms with van der Waals surface area (Å²) in [5, 5.41) is 4.50. The third kappa shape index (κ3) is 3.38. The number of methoxy groups -OCH3 is 1. The molecule has 0 aliphatic carbocycles. The van der Waals surface area contributed by atoms with Crippen molar-refractivity contribution in [1.29, 1.82) is 0 Å². The lowest BCUT2D eigenvalue weighted by atomic mass is 10.1. The monoisotopic (exact) mass is 318 g/mol. The average molecular weight is 318 g/mol. The molecule has 2 aromatic rings. The molecule has 1 aliphatic heterocycles. The first-order valence-electron chi connectivity index (χ1n) is 8.05. The highest BCUT2D eigenvalue weighted by atomic mass is 16.7. The summed E-state index contributed by atoms with van der Waals surface area (Å²) in [5.41, 5.74) is 2.16. The van der Waals surface area contributed by atoms with Gasteiger partial charge in [0.2, 0.25) is 5.88 Å². The van der Waals surface area contributed by atoms with Crippen LogP contribution in [-0.2, 0) is 16.1 Å². The molecule has 2 aromatic heterocycles. The van der Waals surface area contributed by atoms with E-state index in [1.807, 2.05) is 13.0 Å². The van der Waals surface area contributed by atoms with Crippen molar-refractivity contribution >= 4 is 11.3 Å². The number of Topliss-reactive ketones (excluding diaryl/α,β-unsaturated/α-hetero) is 1. The Labute approximate surface area is 135 Å². The van der Waals surface area contributed by atoms with Crippen molar-refractivity contribution in [2.24, 2.45) is 0 Å². The largest absolute Gasteiger partial charge is 0.481 e. The van der Waals surface area contributed by atoms with E-state index in [-0.39, 0.29) is 12.1 Å². The van der Waals surface area contributed by atoms with Crippen LogP contribution in [0.5, 0.6) is 5.88 Å². The number of ketones is 1. The predicted molar refractivity (Wildman–Crippen MR) is 84.7 cm³/mol. The van der Waals surface area contributed by atoms with Gasteiger partial charge >= 0.3 is 0 Å². The van der Waals surface area contributed by atoms with E-state index in [4.69, 9.17) is 14.2 Å². The molecule has 0 saturated carbocycles. The third-order valence-electron chi connectivity index (χ3n) is 4.02. The molecule has 0 bridgehead atoms. The molecule has 1 atom stereocenters. The van der Waals surface area contributed by atoms with E-state index in [0.717, 1.165) is 37.1 Å². The molecule has 1 fully saturated rings. The second-order valence-electron chi connectivity index (χ2n) is 5.61. The first kappa shape index (κ1) is 16.0. The molecule has 0 aromatic carbocycles. The van der Waals surface area contributed by atoms with Crippen LogP contribution in [0.3, 0.4) is 0 Å². The molecule has 6 nitrogen and oxygen atoms in total. The smallest absolute Gasteiger partial charge is 0.214 e. The number of pyridine rings is 1. The summed E-state index contributed by atoms with van der Waals surface area (Å²) in [6.45, 7) is 2.96. The van der Waals surface area contributed by atoms with Gasteiger partial charge in [-0.05, 0) is 31.4 Å². The highest BCUT2D eigenvalue weighted by Crippen LogP contribution is 2.22. The van der Waals surface area contributed by atoms with Crippen molar-refractivity contribution in [3.8, 4) is 5.88 Å². The maximum atomic E-state index is 12.1. The van der Waals surface area contributed by atoms with Gasteiger partial charge in [-0.2, -0.15) is 9.61 Å². The van der Waals surface area contributed by atoms with Gasteiger partial charge in [0.05, 0.1) is 24.9 Å². The van der Waals surface area contributed by atoms with E-state index in [9.17, 15) is 4.79 Å². The Morgan fingerprint density at radius 1 is 1.43 bits per heavy atom. The van der Waals surface area contributed by atoms with Gasteiger partial charge in [0.15, 0.2) is 12.1 Å². The van der Waals surface area contributed by atoms with Crippen LogP contribution in [0.25, 0.3) is 5.52 Å². The second kappa shape index (κ2) is 7.10. The first-order chi connectivity index (χ1) is 11.2. The van der Waals surface area contributed by atoms with Crippen molar-refractivity contribution in [2.75, 3.05) is 13.7 Å². The van der Waals surface area contributed by atoms with Gasteiger partial charge in [0.1, 0.15) is 0 Å². The topological polar surface area (TPSA) is 62.1 Å². The number of ether oxygens (including phenoxy) is 3. The zero-order valence-electron chi connectivity index (χ0n) is 13.6. The molecule has 1 aliphatic rings. The Hall–Kier alpha value is -1.92.